The number of rotatable bonds is 8. The van der Waals surface area contributed by atoms with E-state index in [1.807, 2.05) is 0 Å². The van der Waals surface area contributed by atoms with Crippen LogP contribution in [-0.2, 0) is 23.7 Å². The third-order valence-electron chi connectivity index (χ3n) is 12.4. The normalized spacial score (nSPS) is 50.5. The minimum atomic E-state index is -1.35. The highest BCUT2D eigenvalue weighted by atomic mass is 16.6. The molecule has 7 rings (SSSR count). The molecule has 41 heavy (non-hydrogen) atoms. The predicted molar refractivity (Wildman–Crippen MR) is 145 cm³/mol. The molecule has 6 fully saturated rings. The zero-order valence-electron chi connectivity index (χ0n) is 24.4. The van der Waals surface area contributed by atoms with Crippen molar-refractivity contribution in [2.75, 3.05) is 48.7 Å². The first-order valence-corrected chi connectivity index (χ1v) is 14.8. The Hall–Kier alpha value is -1.79. The van der Waals surface area contributed by atoms with E-state index >= 15 is 0 Å². The lowest BCUT2D eigenvalue weighted by Gasteiger charge is -2.66. The molecule has 1 aromatic carbocycles. The zero-order valence-corrected chi connectivity index (χ0v) is 24.4. The fourth-order valence-corrected chi connectivity index (χ4v) is 11.3. The van der Waals surface area contributed by atoms with E-state index in [0.717, 1.165) is 0 Å². The monoisotopic (exact) mass is 573 g/mol. The molecule has 0 unspecified atom stereocenters. The maximum Gasteiger partial charge on any atom is 0.338 e. The molecule has 1 saturated heterocycles. The van der Waals surface area contributed by atoms with Crippen LogP contribution in [0.5, 0.6) is 5.75 Å². The first-order chi connectivity index (χ1) is 19.8. The van der Waals surface area contributed by atoms with Crippen LogP contribution in [0.1, 0.15) is 29.6 Å². The number of fused-ring (bicyclic) bond motifs is 2. The Labute approximate surface area is 241 Å². The van der Waals surface area contributed by atoms with Crippen molar-refractivity contribution in [3.8, 4) is 5.75 Å². The summed E-state index contributed by atoms with van der Waals surface area (Å²) in [4.78, 5) is 13.6. The average molecular weight is 574 g/mol. The van der Waals surface area contributed by atoms with E-state index in [4.69, 9.17) is 28.4 Å². The third kappa shape index (κ3) is 3.30. The van der Waals surface area contributed by atoms with Crippen molar-refractivity contribution in [1.82, 2.24) is 5.32 Å². The lowest BCUT2D eigenvalue weighted by atomic mass is 9.43. The van der Waals surface area contributed by atoms with E-state index in [2.05, 4.69) is 5.32 Å². The van der Waals surface area contributed by atoms with Crippen LogP contribution in [0.3, 0.4) is 0 Å². The van der Waals surface area contributed by atoms with Gasteiger partial charge in [0.1, 0.15) is 17.5 Å². The number of nitrogens with one attached hydrogen (secondary N) is 1. The number of piperidine rings is 1. The summed E-state index contributed by atoms with van der Waals surface area (Å²) in [6.45, 7) is 1.02. The topological polar surface area (TPSA) is 125 Å². The van der Waals surface area contributed by atoms with Gasteiger partial charge < -0.3 is 44.0 Å². The molecule has 226 valence electrons. The number of ether oxygens (including phenoxy) is 6. The number of carbonyl (C=O) groups is 1. The molecule has 1 aromatic rings. The van der Waals surface area contributed by atoms with Crippen LogP contribution in [0, 0.1) is 40.4 Å². The lowest BCUT2D eigenvalue weighted by Crippen LogP contribution is -2.76. The highest BCUT2D eigenvalue weighted by Crippen LogP contribution is 2.78. The van der Waals surface area contributed by atoms with Crippen molar-refractivity contribution in [3.05, 3.63) is 29.8 Å². The highest BCUT2D eigenvalue weighted by Gasteiger charge is 2.85. The molecule has 10 heteroatoms. The van der Waals surface area contributed by atoms with Crippen molar-refractivity contribution >= 4 is 5.97 Å². The van der Waals surface area contributed by atoms with Gasteiger partial charge in [0, 0.05) is 76.0 Å². The zero-order chi connectivity index (χ0) is 28.9. The number of carbonyl (C=O) groups excluding carboxylic acids is 1. The van der Waals surface area contributed by atoms with E-state index in [9.17, 15) is 15.0 Å². The predicted octanol–water partition coefficient (Wildman–Crippen LogP) is 1.27. The fourth-order valence-electron chi connectivity index (χ4n) is 11.3. The van der Waals surface area contributed by atoms with Crippen LogP contribution in [-0.4, -0.2) is 107 Å². The second-order valence-electron chi connectivity index (χ2n) is 13.3. The molecule has 14 atom stereocenters. The summed E-state index contributed by atoms with van der Waals surface area (Å²) >= 11 is 0. The summed E-state index contributed by atoms with van der Waals surface area (Å²) < 4.78 is 36.1. The largest absolute Gasteiger partial charge is 0.497 e. The van der Waals surface area contributed by atoms with E-state index in [1.54, 1.807) is 59.8 Å². The lowest BCUT2D eigenvalue weighted by molar-refractivity contribution is -0.255. The highest BCUT2D eigenvalue weighted by molar-refractivity contribution is 5.89. The number of aliphatic hydroxyl groups is 2. The molecule has 0 amide bonds. The number of esters is 1. The molecule has 1 spiro atoms. The molecule has 10 nitrogen and oxygen atoms in total. The Kier molecular flexibility index (Phi) is 6.56. The number of methoxy groups -OCH3 is 5. The van der Waals surface area contributed by atoms with Gasteiger partial charge in [0.2, 0.25) is 0 Å². The molecule has 7 bridgehead atoms. The Morgan fingerprint density at radius 1 is 1.00 bits per heavy atom. The van der Waals surface area contributed by atoms with Crippen LogP contribution in [0.15, 0.2) is 24.3 Å². The standard InChI is InChI=1S/C31H43NO9/c1-36-14-29-13-32-26-23-17-10-20(38-3)30(35)12-18(31(26,25(29)24(23)40-5)21(39-4)11-19(29)33)22(17)27(30)41-28(34)15-6-8-16(37-2)9-7-15/h6-9,17-27,32-33,35H,10-14H2,1-5H3/t17-,18+,19+,20-,21-,22+,23-,24-,25+,26+,27+,29-,30-,31+/m0/s1. The van der Waals surface area contributed by atoms with Gasteiger partial charge in [-0.25, -0.2) is 4.79 Å². The van der Waals surface area contributed by atoms with Crippen LogP contribution in [0.4, 0.5) is 0 Å². The van der Waals surface area contributed by atoms with E-state index in [0.29, 0.717) is 43.7 Å². The van der Waals surface area contributed by atoms with Gasteiger partial charge in [-0.3, -0.25) is 0 Å². The van der Waals surface area contributed by atoms with E-state index < -0.39 is 40.7 Å². The third-order valence-corrected chi connectivity index (χ3v) is 12.4. The Morgan fingerprint density at radius 2 is 1.73 bits per heavy atom. The maximum atomic E-state index is 13.6. The van der Waals surface area contributed by atoms with Crippen molar-refractivity contribution in [2.24, 2.45) is 40.4 Å². The van der Waals surface area contributed by atoms with Crippen LogP contribution in [0.2, 0.25) is 0 Å². The summed E-state index contributed by atoms with van der Waals surface area (Å²) in [5.41, 5.74) is -1.96. The average Bonchev–Trinajstić information content (AvgIpc) is 3.29. The summed E-state index contributed by atoms with van der Waals surface area (Å²) in [5.74, 6) is 0.118. The van der Waals surface area contributed by atoms with Gasteiger partial charge in [0.05, 0.1) is 43.7 Å². The second-order valence-corrected chi connectivity index (χ2v) is 13.3. The van der Waals surface area contributed by atoms with Crippen molar-refractivity contribution in [3.63, 3.8) is 0 Å². The smallest absolute Gasteiger partial charge is 0.338 e. The van der Waals surface area contributed by atoms with Crippen LogP contribution >= 0.6 is 0 Å². The van der Waals surface area contributed by atoms with Gasteiger partial charge in [0.25, 0.3) is 0 Å². The molecule has 5 aliphatic carbocycles. The molecule has 1 heterocycles. The number of hydrogen-bond acceptors (Lipinski definition) is 10. The molecular weight excluding hydrogens is 530 g/mol. The molecule has 6 aliphatic rings. The molecule has 0 aromatic heterocycles. The van der Waals surface area contributed by atoms with Crippen LogP contribution in [0.25, 0.3) is 0 Å². The first-order valence-electron chi connectivity index (χ1n) is 14.8. The Morgan fingerprint density at radius 3 is 2.37 bits per heavy atom. The number of hydrogen-bond donors (Lipinski definition) is 3. The Balaban J connectivity index is 1.36. The van der Waals surface area contributed by atoms with Gasteiger partial charge in [-0.2, -0.15) is 0 Å². The number of benzene rings is 1. The van der Waals surface area contributed by atoms with E-state index in [-0.39, 0.29) is 47.8 Å². The summed E-state index contributed by atoms with van der Waals surface area (Å²) in [7, 11) is 8.39. The maximum absolute atomic E-state index is 13.6. The van der Waals surface area contributed by atoms with Gasteiger partial charge >= 0.3 is 5.97 Å². The first kappa shape index (κ1) is 28.0. The van der Waals surface area contributed by atoms with Crippen LogP contribution < -0.4 is 10.1 Å². The molecule has 1 aliphatic heterocycles. The minimum Gasteiger partial charge on any atom is -0.497 e. The summed E-state index contributed by atoms with van der Waals surface area (Å²) in [6.07, 6.45) is -0.747. The van der Waals surface area contributed by atoms with Gasteiger partial charge in [-0.1, -0.05) is 0 Å². The summed E-state index contributed by atoms with van der Waals surface area (Å²) in [5, 5.41) is 28.0. The van der Waals surface area contributed by atoms with Crippen molar-refractivity contribution in [2.45, 2.75) is 61.4 Å². The molecular formula is C31H43NO9. The molecule has 5 saturated carbocycles. The minimum absolute atomic E-state index is 0.0424. The molecule has 0 radical (unpaired) electrons. The quantitative estimate of drug-likeness (QED) is 0.392. The van der Waals surface area contributed by atoms with Crippen molar-refractivity contribution < 1.29 is 43.4 Å². The SMILES string of the molecule is COC[C@@]12CN[C@@H]3[C@H]4[C@H]5C[C@H](OC)[C@@]6(O)C[C@H]([C@@H]5[C@H]6OC(=O)c5ccc(OC)cc5)[C@@]3([C@@H](OC)C[C@H]1O)[C@@H]2[C@H]4OC. The number of aliphatic hydroxyl groups excluding tert-OH is 1. The van der Waals surface area contributed by atoms with Gasteiger partial charge in [-0.05, 0) is 48.9 Å². The Bertz CT molecular complexity index is 1180. The van der Waals surface area contributed by atoms with E-state index in [1.165, 1.54) is 0 Å². The van der Waals surface area contributed by atoms with Gasteiger partial charge in [0.15, 0.2) is 0 Å². The van der Waals surface area contributed by atoms with Gasteiger partial charge in [-0.15, -0.1) is 0 Å². The summed E-state index contributed by atoms with van der Waals surface area (Å²) in [6, 6.07) is 6.90. The fraction of sp³-hybridized carbons (Fsp3) is 0.774. The molecule has 3 N–H and O–H groups in total. The van der Waals surface area contributed by atoms with Crippen molar-refractivity contribution in [1.29, 1.82) is 0 Å². The second kappa shape index (κ2) is 9.61.